The highest BCUT2D eigenvalue weighted by molar-refractivity contribution is 7.71. The standard InChI is InChI=1S/C17H17N3S/c1-17(2,3)16-19-14(9-15(21)20-16)12-8-11-6-4-5-7-13(11)18-10-12/h4-10H,1-3H3,(H,19,20,21). The van der Waals surface area contributed by atoms with Gasteiger partial charge >= 0.3 is 0 Å². The maximum atomic E-state index is 5.30. The van der Waals surface area contributed by atoms with Crippen LogP contribution in [0.5, 0.6) is 0 Å². The Kier molecular flexibility index (Phi) is 3.33. The number of nitrogens with one attached hydrogen (secondary N) is 1. The Morgan fingerprint density at radius 3 is 2.62 bits per heavy atom. The smallest absolute Gasteiger partial charge is 0.130 e. The third-order valence-electron chi connectivity index (χ3n) is 3.35. The van der Waals surface area contributed by atoms with E-state index in [1.165, 1.54) is 0 Å². The summed E-state index contributed by atoms with van der Waals surface area (Å²) in [6, 6.07) is 12.1. The zero-order chi connectivity index (χ0) is 15.0. The molecule has 0 spiro atoms. The fraction of sp³-hybridized carbons (Fsp3) is 0.235. The lowest BCUT2D eigenvalue weighted by molar-refractivity contribution is 0.545. The molecule has 0 amide bonds. The number of hydrogen-bond acceptors (Lipinski definition) is 3. The van der Waals surface area contributed by atoms with Gasteiger partial charge < -0.3 is 4.98 Å². The summed E-state index contributed by atoms with van der Waals surface area (Å²) >= 11 is 5.30. The summed E-state index contributed by atoms with van der Waals surface area (Å²) in [7, 11) is 0. The first-order valence-corrected chi connectivity index (χ1v) is 7.31. The van der Waals surface area contributed by atoms with E-state index in [1.807, 2.05) is 30.5 Å². The van der Waals surface area contributed by atoms with E-state index in [2.05, 4.69) is 47.9 Å². The molecule has 2 aromatic heterocycles. The number of rotatable bonds is 1. The quantitative estimate of drug-likeness (QED) is 0.664. The normalized spacial score (nSPS) is 11.8. The Balaban J connectivity index is 2.18. The average molecular weight is 295 g/mol. The third-order valence-corrected chi connectivity index (χ3v) is 3.56. The molecule has 0 atom stereocenters. The number of nitrogens with zero attached hydrogens (tertiary/aromatic N) is 2. The second-order valence-electron chi connectivity index (χ2n) is 6.15. The van der Waals surface area contributed by atoms with E-state index >= 15 is 0 Å². The molecule has 0 unspecified atom stereocenters. The molecule has 0 aliphatic heterocycles. The summed E-state index contributed by atoms with van der Waals surface area (Å²) < 4.78 is 0.599. The van der Waals surface area contributed by atoms with E-state index in [0.29, 0.717) is 4.64 Å². The fourth-order valence-electron chi connectivity index (χ4n) is 2.19. The number of H-pyrrole nitrogens is 1. The van der Waals surface area contributed by atoms with Gasteiger partial charge in [0.1, 0.15) is 10.5 Å². The zero-order valence-electron chi connectivity index (χ0n) is 12.3. The number of fused-ring (bicyclic) bond motifs is 1. The molecule has 1 aromatic carbocycles. The molecule has 0 aliphatic rings. The van der Waals surface area contributed by atoms with Gasteiger partial charge in [-0.2, -0.15) is 0 Å². The first-order valence-electron chi connectivity index (χ1n) is 6.90. The SMILES string of the molecule is CC(C)(C)c1nc(=S)cc(-c2cnc3ccccc3c2)[nH]1. The first-order chi connectivity index (χ1) is 9.93. The van der Waals surface area contributed by atoms with E-state index in [4.69, 9.17) is 12.2 Å². The highest BCUT2D eigenvalue weighted by Gasteiger charge is 2.17. The van der Waals surface area contributed by atoms with Gasteiger partial charge in [-0.1, -0.05) is 51.2 Å². The number of aromatic nitrogens is 3. The lowest BCUT2D eigenvalue weighted by Gasteiger charge is -2.18. The number of aromatic amines is 1. The van der Waals surface area contributed by atoms with Crippen LogP contribution in [0.4, 0.5) is 0 Å². The van der Waals surface area contributed by atoms with Crippen LogP contribution in [0.25, 0.3) is 22.2 Å². The number of hydrogen-bond donors (Lipinski definition) is 1. The van der Waals surface area contributed by atoms with Crippen molar-refractivity contribution in [1.29, 1.82) is 0 Å². The van der Waals surface area contributed by atoms with Crippen molar-refractivity contribution in [3.63, 3.8) is 0 Å². The van der Waals surface area contributed by atoms with E-state index in [-0.39, 0.29) is 5.41 Å². The Labute approximate surface area is 129 Å². The highest BCUT2D eigenvalue weighted by atomic mass is 32.1. The summed E-state index contributed by atoms with van der Waals surface area (Å²) in [6.45, 7) is 6.34. The summed E-state index contributed by atoms with van der Waals surface area (Å²) in [5, 5.41) is 1.11. The molecular formula is C17H17N3S. The summed E-state index contributed by atoms with van der Waals surface area (Å²) in [5.41, 5.74) is 2.89. The van der Waals surface area contributed by atoms with Gasteiger partial charge in [-0.15, -0.1) is 0 Å². The van der Waals surface area contributed by atoms with E-state index in [9.17, 15) is 0 Å². The molecule has 0 bridgehead atoms. The Bertz CT molecular complexity index is 860. The van der Waals surface area contributed by atoms with Crippen LogP contribution in [0.1, 0.15) is 26.6 Å². The predicted octanol–water partition coefficient (Wildman–Crippen LogP) is 4.65. The zero-order valence-corrected chi connectivity index (χ0v) is 13.2. The summed E-state index contributed by atoms with van der Waals surface area (Å²) in [5.74, 6) is 0.887. The minimum Gasteiger partial charge on any atom is -0.343 e. The lowest BCUT2D eigenvalue weighted by Crippen LogP contribution is -2.16. The van der Waals surface area contributed by atoms with Crippen LogP contribution in [0, 0.1) is 4.64 Å². The average Bonchev–Trinajstić information content (AvgIpc) is 2.45. The predicted molar refractivity (Wildman–Crippen MR) is 88.9 cm³/mol. The van der Waals surface area contributed by atoms with Crippen molar-refractivity contribution in [1.82, 2.24) is 15.0 Å². The van der Waals surface area contributed by atoms with Gasteiger partial charge in [-0.05, 0) is 18.2 Å². The molecule has 21 heavy (non-hydrogen) atoms. The fourth-order valence-corrected chi connectivity index (χ4v) is 2.40. The molecule has 0 saturated carbocycles. The van der Waals surface area contributed by atoms with Crippen molar-refractivity contribution in [2.45, 2.75) is 26.2 Å². The van der Waals surface area contributed by atoms with Gasteiger partial charge in [0.2, 0.25) is 0 Å². The lowest BCUT2D eigenvalue weighted by atomic mass is 9.95. The van der Waals surface area contributed by atoms with Crippen LogP contribution < -0.4 is 0 Å². The van der Waals surface area contributed by atoms with E-state index in [0.717, 1.165) is 28.0 Å². The molecule has 0 fully saturated rings. The van der Waals surface area contributed by atoms with Crippen LogP contribution in [0.3, 0.4) is 0 Å². The Morgan fingerprint density at radius 1 is 1.10 bits per heavy atom. The minimum absolute atomic E-state index is 0.0755. The number of benzene rings is 1. The maximum Gasteiger partial charge on any atom is 0.130 e. The first kappa shape index (κ1) is 13.9. The highest BCUT2D eigenvalue weighted by Crippen LogP contribution is 2.24. The molecule has 1 N–H and O–H groups in total. The van der Waals surface area contributed by atoms with Crippen LogP contribution in [0.15, 0.2) is 42.6 Å². The molecule has 3 aromatic rings. The molecule has 3 nitrogen and oxygen atoms in total. The van der Waals surface area contributed by atoms with Crippen LogP contribution in [0.2, 0.25) is 0 Å². The summed E-state index contributed by atoms with van der Waals surface area (Å²) in [6.07, 6.45) is 1.87. The molecular weight excluding hydrogens is 278 g/mol. The molecule has 3 rings (SSSR count). The van der Waals surface area contributed by atoms with Gasteiger partial charge in [-0.25, -0.2) is 4.98 Å². The van der Waals surface area contributed by atoms with Gasteiger partial charge in [-0.3, -0.25) is 4.98 Å². The second-order valence-corrected chi connectivity index (χ2v) is 6.57. The molecule has 0 aliphatic carbocycles. The van der Waals surface area contributed by atoms with Crippen molar-refractivity contribution in [2.75, 3.05) is 0 Å². The van der Waals surface area contributed by atoms with E-state index in [1.54, 1.807) is 0 Å². The Hall–Kier alpha value is -2.07. The van der Waals surface area contributed by atoms with Crippen molar-refractivity contribution in [2.24, 2.45) is 0 Å². The summed E-state index contributed by atoms with van der Waals surface area (Å²) in [4.78, 5) is 12.3. The molecule has 4 heteroatoms. The molecule has 2 heterocycles. The number of para-hydroxylation sites is 1. The number of pyridine rings is 1. The monoisotopic (exact) mass is 295 g/mol. The van der Waals surface area contributed by atoms with E-state index < -0.39 is 0 Å². The molecule has 106 valence electrons. The second kappa shape index (κ2) is 5.04. The van der Waals surface area contributed by atoms with Crippen molar-refractivity contribution >= 4 is 23.1 Å². The van der Waals surface area contributed by atoms with Crippen molar-refractivity contribution in [3.05, 3.63) is 53.1 Å². The largest absolute Gasteiger partial charge is 0.343 e. The maximum absolute atomic E-state index is 5.30. The Morgan fingerprint density at radius 2 is 1.86 bits per heavy atom. The molecule has 0 radical (unpaired) electrons. The molecule has 0 saturated heterocycles. The van der Waals surface area contributed by atoms with Crippen LogP contribution in [-0.2, 0) is 5.41 Å². The van der Waals surface area contributed by atoms with Gasteiger partial charge in [0.25, 0.3) is 0 Å². The van der Waals surface area contributed by atoms with Crippen molar-refractivity contribution in [3.8, 4) is 11.3 Å². The minimum atomic E-state index is -0.0755. The topological polar surface area (TPSA) is 41.6 Å². The van der Waals surface area contributed by atoms with Crippen molar-refractivity contribution < 1.29 is 0 Å². The van der Waals surface area contributed by atoms with Gasteiger partial charge in [0.15, 0.2) is 0 Å². The van der Waals surface area contributed by atoms with Crippen LogP contribution >= 0.6 is 12.2 Å². The van der Waals surface area contributed by atoms with Crippen LogP contribution in [-0.4, -0.2) is 15.0 Å². The van der Waals surface area contributed by atoms with Gasteiger partial charge in [0, 0.05) is 22.6 Å². The van der Waals surface area contributed by atoms with Gasteiger partial charge in [0.05, 0.1) is 11.2 Å². The third kappa shape index (κ3) is 2.85.